The number of thiophene rings is 1. The predicted molar refractivity (Wildman–Crippen MR) is 166 cm³/mol. The van der Waals surface area contributed by atoms with Crippen molar-refractivity contribution in [2.24, 2.45) is 0 Å². The fourth-order valence-corrected chi connectivity index (χ4v) is 6.43. The molecule has 46 heavy (non-hydrogen) atoms. The third-order valence-corrected chi connectivity index (χ3v) is 8.75. The molecule has 0 saturated carbocycles. The summed E-state index contributed by atoms with van der Waals surface area (Å²) in [6, 6.07) is 8.03. The Hall–Kier alpha value is -4.48. The molecule has 1 aliphatic rings. The van der Waals surface area contributed by atoms with E-state index in [2.05, 4.69) is 15.6 Å². The second-order valence-corrected chi connectivity index (χ2v) is 13.8. The zero-order valence-corrected chi connectivity index (χ0v) is 26.8. The lowest BCUT2D eigenvalue weighted by atomic mass is 9.99. The van der Waals surface area contributed by atoms with E-state index in [0.717, 1.165) is 22.1 Å². The van der Waals surface area contributed by atoms with Gasteiger partial charge in [-0.25, -0.2) is 22.6 Å². The predicted octanol–water partition coefficient (Wildman–Crippen LogP) is 5.97. The largest absolute Gasteiger partial charge is 0.444 e. The number of aromatic nitrogens is 3. The Morgan fingerprint density at radius 3 is 2.52 bits per heavy atom. The molecule has 4 aromatic rings. The number of nitrogens with zero attached hydrogens (tertiary/aromatic N) is 5. The fraction of sp³-hybridized carbons (Fsp3) is 0.406. The zero-order chi connectivity index (χ0) is 33.6. The number of amides is 2. The summed E-state index contributed by atoms with van der Waals surface area (Å²) in [4.78, 5) is 28.1. The number of rotatable bonds is 6. The number of aliphatic hydroxyl groups is 1. The van der Waals surface area contributed by atoms with Crippen LogP contribution >= 0.6 is 11.3 Å². The van der Waals surface area contributed by atoms with E-state index in [4.69, 9.17) is 4.74 Å². The molecule has 2 amide bonds. The van der Waals surface area contributed by atoms with Gasteiger partial charge in [-0.1, -0.05) is 11.3 Å². The van der Waals surface area contributed by atoms with Crippen LogP contribution in [0.15, 0.2) is 30.3 Å². The van der Waals surface area contributed by atoms with Gasteiger partial charge in [-0.05, 0) is 77.3 Å². The summed E-state index contributed by atoms with van der Waals surface area (Å²) >= 11 is 0.904. The molecule has 1 saturated heterocycles. The first kappa shape index (κ1) is 32.9. The van der Waals surface area contributed by atoms with Crippen LogP contribution < -0.4 is 5.32 Å². The zero-order valence-electron chi connectivity index (χ0n) is 25.9. The summed E-state index contributed by atoms with van der Waals surface area (Å²) in [5, 5.41) is 29.8. The molecule has 0 unspecified atom stereocenters. The van der Waals surface area contributed by atoms with Crippen molar-refractivity contribution in [3.8, 4) is 27.6 Å². The van der Waals surface area contributed by atoms with Crippen LogP contribution in [0.3, 0.4) is 0 Å². The van der Waals surface area contributed by atoms with E-state index in [1.807, 2.05) is 0 Å². The molecule has 14 heteroatoms. The number of carbonyl (C=O) groups is 2. The number of benzene rings is 2. The van der Waals surface area contributed by atoms with Crippen LogP contribution in [0.2, 0.25) is 0 Å². The van der Waals surface area contributed by atoms with Crippen molar-refractivity contribution in [1.82, 2.24) is 25.2 Å². The smallest absolute Gasteiger partial charge is 0.407 e. The third-order valence-electron chi connectivity index (χ3n) is 7.59. The quantitative estimate of drug-likeness (QED) is 0.262. The maximum absolute atomic E-state index is 16.0. The number of likely N-dealkylation sites (tertiary alicyclic amines) is 1. The number of hydrogen-bond acceptors (Lipinski definition) is 8. The fourth-order valence-electron chi connectivity index (χ4n) is 5.27. The van der Waals surface area contributed by atoms with Crippen molar-refractivity contribution in [1.29, 1.82) is 5.26 Å². The van der Waals surface area contributed by atoms with Crippen molar-refractivity contribution in [2.75, 3.05) is 19.7 Å². The molecule has 10 nitrogen and oxygen atoms in total. The van der Waals surface area contributed by atoms with Crippen molar-refractivity contribution in [2.45, 2.75) is 64.6 Å². The van der Waals surface area contributed by atoms with E-state index >= 15 is 8.78 Å². The Morgan fingerprint density at radius 1 is 1.13 bits per heavy atom. The number of hydrogen-bond donors (Lipinski definition) is 2. The van der Waals surface area contributed by atoms with Crippen LogP contribution in [-0.4, -0.2) is 68.3 Å². The van der Waals surface area contributed by atoms with E-state index in [9.17, 15) is 24.3 Å². The number of aliphatic hydroxyl groups excluding tert-OH is 1. The third kappa shape index (κ3) is 6.43. The van der Waals surface area contributed by atoms with E-state index in [1.54, 1.807) is 45.6 Å². The first-order valence-corrected chi connectivity index (χ1v) is 15.4. The Morgan fingerprint density at radius 2 is 1.87 bits per heavy atom. The SMILES string of the molecule is CC(C)(C)OC(=O)N[C@@H]1CCCN(C(=O)c2cc(-c3ccc(C#N)c(F)c3)c(-c3cc4nnn(C(C)(C)CO)c4c(F)c3F)s2)C1. The van der Waals surface area contributed by atoms with Crippen LogP contribution in [-0.2, 0) is 10.3 Å². The van der Waals surface area contributed by atoms with Gasteiger partial charge < -0.3 is 20.1 Å². The highest BCUT2D eigenvalue weighted by Gasteiger charge is 2.32. The van der Waals surface area contributed by atoms with Gasteiger partial charge in [0, 0.05) is 35.1 Å². The molecule has 0 bridgehead atoms. The van der Waals surface area contributed by atoms with E-state index in [-0.39, 0.29) is 55.6 Å². The summed E-state index contributed by atoms with van der Waals surface area (Å²) in [5.74, 6) is -3.70. The normalized spacial score (nSPS) is 15.6. The van der Waals surface area contributed by atoms with Crippen LogP contribution in [0, 0.1) is 28.8 Å². The average Bonchev–Trinajstić information content (AvgIpc) is 3.63. The molecule has 1 aliphatic heterocycles. The first-order chi connectivity index (χ1) is 21.6. The summed E-state index contributed by atoms with van der Waals surface area (Å²) in [6.45, 7) is 8.62. The van der Waals surface area contributed by atoms with Gasteiger partial charge in [-0.15, -0.1) is 16.4 Å². The van der Waals surface area contributed by atoms with Gasteiger partial charge in [0.15, 0.2) is 11.6 Å². The number of nitriles is 1. The number of halogens is 3. The Labute approximate surface area is 267 Å². The minimum Gasteiger partial charge on any atom is -0.444 e. The average molecular weight is 655 g/mol. The minimum atomic E-state index is -1.25. The Balaban J connectivity index is 1.57. The van der Waals surface area contributed by atoms with Crippen LogP contribution in [0.25, 0.3) is 32.6 Å². The monoisotopic (exact) mass is 654 g/mol. The summed E-state index contributed by atoms with van der Waals surface area (Å²) in [5.41, 5.74) is -1.92. The summed E-state index contributed by atoms with van der Waals surface area (Å²) in [6.07, 6.45) is 0.642. The van der Waals surface area contributed by atoms with Gasteiger partial charge >= 0.3 is 6.09 Å². The van der Waals surface area contributed by atoms with E-state index in [0.29, 0.717) is 19.4 Å². The molecular formula is C32H33F3N6O4S. The molecule has 2 aromatic heterocycles. The van der Waals surface area contributed by atoms with Crippen LogP contribution in [0.1, 0.15) is 62.7 Å². The first-order valence-electron chi connectivity index (χ1n) is 14.6. The van der Waals surface area contributed by atoms with Gasteiger partial charge in [0.1, 0.15) is 28.5 Å². The van der Waals surface area contributed by atoms with Gasteiger partial charge in [0.2, 0.25) is 0 Å². The number of piperidine rings is 1. The van der Waals surface area contributed by atoms with Gasteiger partial charge in [0.05, 0.1) is 22.6 Å². The highest BCUT2D eigenvalue weighted by atomic mass is 32.1. The lowest BCUT2D eigenvalue weighted by molar-refractivity contribution is 0.0453. The van der Waals surface area contributed by atoms with Crippen molar-refractivity contribution in [3.05, 3.63) is 58.2 Å². The van der Waals surface area contributed by atoms with Crippen LogP contribution in [0.5, 0.6) is 0 Å². The summed E-state index contributed by atoms with van der Waals surface area (Å²) < 4.78 is 52.9. The Kier molecular flexibility index (Phi) is 8.85. The summed E-state index contributed by atoms with van der Waals surface area (Å²) in [7, 11) is 0. The number of ether oxygens (including phenoxy) is 1. The van der Waals surface area contributed by atoms with Crippen molar-refractivity contribution in [3.63, 3.8) is 0 Å². The van der Waals surface area contributed by atoms with Gasteiger partial charge in [0.25, 0.3) is 5.91 Å². The molecule has 242 valence electrons. The van der Waals surface area contributed by atoms with E-state index in [1.165, 1.54) is 24.3 Å². The molecule has 2 aromatic carbocycles. The van der Waals surface area contributed by atoms with E-state index < -0.39 is 47.2 Å². The second-order valence-electron chi connectivity index (χ2n) is 12.8. The maximum Gasteiger partial charge on any atom is 0.407 e. The van der Waals surface area contributed by atoms with Crippen molar-refractivity contribution >= 4 is 34.4 Å². The molecule has 0 radical (unpaired) electrons. The van der Waals surface area contributed by atoms with Gasteiger partial charge in [-0.2, -0.15) is 5.26 Å². The molecule has 5 rings (SSSR count). The molecule has 2 N–H and O–H groups in total. The molecule has 1 fully saturated rings. The highest BCUT2D eigenvalue weighted by molar-refractivity contribution is 7.18. The lowest BCUT2D eigenvalue weighted by Crippen LogP contribution is -2.50. The second kappa shape index (κ2) is 12.4. The standard InChI is InChI=1S/C32H33F3N6O4S/c1-31(2,3)45-30(44)37-19-7-6-10-40(15-19)29(43)24-13-20(17-8-9-18(14-36)22(33)11-17)28(46-24)21-12-23-27(26(35)25(21)34)41(39-38-23)32(4,5)16-42/h8-9,11-13,19,42H,6-7,10,15-16H2,1-5H3,(H,37,44)/t19-/m1/s1. The number of nitrogens with one attached hydrogen (secondary N) is 1. The van der Waals surface area contributed by atoms with Gasteiger partial charge in [-0.3, -0.25) is 4.79 Å². The topological polar surface area (TPSA) is 133 Å². The molecular weight excluding hydrogens is 621 g/mol. The molecule has 0 aliphatic carbocycles. The maximum atomic E-state index is 16.0. The molecule has 3 heterocycles. The number of alkyl carbamates (subject to hydrolysis) is 1. The highest BCUT2D eigenvalue weighted by Crippen LogP contribution is 2.43. The van der Waals surface area contributed by atoms with Crippen molar-refractivity contribution < 1.29 is 32.6 Å². The lowest BCUT2D eigenvalue weighted by Gasteiger charge is -2.33. The molecule has 0 spiro atoms. The Bertz CT molecular complexity index is 1870. The number of carbonyl (C=O) groups excluding carboxylic acids is 2. The minimum absolute atomic E-state index is 0.0146. The van der Waals surface area contributed by atoms with Crippen LogP contribution in [0.4, 0.5) is 18.0 Å². The number of fused-ring (bicyclic) bond motifs is 1. The molecule has 1 atom stereocenters.